The fraction of sp³-hybridized carbons (Fsp3) is 0.455. The van der Waals surface area contributed by atoms with E-state index in [0.29, 0.717) is 19.5 Å². The van der Waals surface area contributed by atoms with E-state index in [1.54, 1.807) is 6.26 Å². The van der Waals surface area contributed by atoms with Crippen LogP contribution in [0, 0.1) is 0 Å². The second kappa shape index (κ2) is 10.7. The van der Waals surface area contributed by atoms with Crippen LogP contribution >= 0.6 is 0 Å². The summed E-state index contributed by atoms with van der Waals surface area (Å²) in [6, 6.07) is 13.5. The predicted octanol–water partition coefficient (Wildman–Crippen LogP) is 2.67. The van der Waals surface area contributed by atoms with E-state index in [1.807, 2.05) is 42.5 Å². The number of furan rings is 1. The Morgan fingerprint density at radius 1 is 0.964 bits per heavy atom. The summed E-state index contributed by atoms with van der Waals surface area (Å²) in [6.45, 7) is 2.91. The summed E-state index contributed by atoms with van der Waals surface area (Å²) in [4.78, 5) is 26.6. The van der Waals surface area contributed by atoms with Gasteiger partial charge in [0.2, 0.25) is 11.8 Å². The maximum absolute atomic E-state index is 12.2. The average molecular weight is 383 g/mol. The normalized spacial score (nSPS) is 15.7. The number of amides is 2. The number of likely N-dealkylation sites (tertiary alicyclic amines) is 1. The average Bonchev–Trinajstić information content (AvgIpc) is 3.24. The van der Waals surface area contributed by atoms with E-state index in [0.717, 1.165) is 24.4 Å². The lowest BCUT2D eigenvalue weighted by molar-refractivity contribution is -0.122. The van der Waals surface area contributed by atoms with Gasteiger partial charge in [0, 0.05) is 19.5 Å². The smallest absolute Gasteiger partial charge is 0.224 e. The molecular weight excluding hydrogens is 354 g/mol. The lowest BCUT2D eigenvalue weighted by Crippen LogP contribution is -2.41. The monoisotopic (exact) mass is 383 g/mol. The van der Waals surface area contributed by atoms with Crippen molar-refractivity contribution in [2.45, 2.75) is 38.1 Å². The Bertz CT molecular complexity index is 725. The summed E-state index contributed by atoms with van der Waals surface area (Å²) in [6.07, 6.45) is 5.90. The number of rotatable bonds is 9. The van der Waals surface area contributed by atoms with Crippen molar-refractivity contribution >= 4 is 11.8 Å². The minimum atomic E-state index is -0.0687. The number of hydrogen-bond acceptors (Lipinski definition) is 4. The van der Waals surface area contributed by atoms with Crippen molar-refractivity contribution in [2.24, 2.45) is 0 Å². The van der Waals surface area contributed by atoms with Crippen molar-refractivity contribution < 1.29 is 14.0 Å². The first-order chi connectivity index (χ1) is 13.7. The maximum Gasteiger partial charge on any atom is 0.224 e. The second-order valence-corrected chi connectivity index (χ2v) is 7.19. The molecule has 1 fully saturated rings. The molecule has 0 spiro atoms. The fourth-order valence-corrected chi connectivity index (χ4v) is 3.58. The molecule has 2 heterocycles. The Labute approximate surface area is 166 Å². The number of piperidine rings is 1. The van der Waals surface area contributed by atoms with Crippen LogP contribution in [-0.4, -0.2) is 42.9 Å². The van der Waals surface area contributed by atoms with Gasteiger partial charge in [-0.1, -0.05) is 36.8 Å². The predicted molar refractivity (Wildman–Crippen MR) is 108 cm³/mol. The highest BCUT2D eigenvalue weighted by molar-refractivity contribution is 5.80. The van der Waals surface area contributed by atoms with Gasteiger partial charge in [-0.25, -0.2) is 0 Å². The zero-order valence-electron chi connectivity index (χ0n) is 16.2. The highest BCUT2D eigenvalue weighted by atomic mass is 16.3. The molecule has 1 aliphatic heterocycles. The highest BCUT2D eigenvalue weighted by Crippen LogP contribution is 2.24. The first-order valence-corrected chi connectivity index (χ1v) is 10.1. The van der Waals surface area contributed by atoms with E-state index in [9.17, 15) is 9.59 Å². The van der Waals surface area contributed by atoms with Gasteiger partial charge < -0.3 is 15.1 Å². The molecule has 3 rings (SSSR count). The molecule has 0 aliphatic carbocycles. The standard InChI is InChI=1S/C22H29N3O3/c26-21(11-12-23-22(27)16-18-8-3-1-4-9-18)24-17-19(20-10-7-15-28-20)25-13-5-2-6-14-25/h1,3-4,7-10,15,19H,2,5-6,11-14,16-17H2,(H,23,27)(H,24,26). The van der Waals surface area contributed by atoms with Crippen LogP contribution in [0.25, 0.3) is 0 Å². The summed E-state index contributed by atoms with van der Waals surface area (Å²) >= 11 is 0. The van der Waals surface area contributed by atoms with Crippen LogP contribution in [0.3, 0.4) is 0 Å². The number of carbonyl (C=O) groups is 2. The summed E-state index contributed by atoms with van der Waals surface area (Å²) in [7, 11) is 0. The van der Waals surface area contributed by atoms with Crippen LogP contribution in [0.4, 0.5) is 0 Å². The second-order valence-electron chi connectivity index (χ2n) is 7.19. The molecule has 1 unspecified atom stereocenters. The molecule has 1 saturated heterocycles. The van der Waals surface area contributed by atoms with E-state index >= 15 is 0 Å². The fourth-order valence-electron chi connectivity index (χ4n) is 3.58. The Morgan fingerprint density at radius 2 is 1.75 bits per heavy atom. The van der Waals surface area contributed by atoms with Crippen molar-refractivity contribution in [3.8, 4) is 0 Å². The van der Waals surface area contributed by atoms with Gasteiger partial charge >= 0.3 is 0 Å². The molecule has 0 saturated carbocycles. The Morgan fingerprint density at radius 3 is 2.46 bits per heavy atom. The van der Waals surface area contributed by atoms with Gasteiger partial charge in [-0.05, 0) is 43.6 Å². The van der Waals surface area contributed by atoms with E-state index in [-0.39, 0.29) is 24.3 Å². The lowest BCUT2D eigenvalue weighted by Gasteiger charge is -2.33. The summed E-state index contributed by atoms with van der Waals surface area (Å²) in [5.74, 6) is 0.757. The zero-order valence-corrected chi connectivity index (χ0v) is 16.2. The molecule has 0 radical (unpaired) electrons. The summed E-state index contributed by atoms with van der Waals surface area (Å²) < 4.78 is 5.60. The SMILES string of the molecule is O=C(CCNC(=O)Cc1ccccc1)NCC(c1ccco1)N1CCCCC1. The Hall–Kier alpha value is -2.60. The molecule has 1 aliphatic rings. The van der Waals surface area contributed by atoms with Crippen LogP contribution in [0.15, 0.2) is 53.1 Å². The van der Waals surface area contributed by atoms with Gasteiger partial charge in [0.25, 0.3) is 0 Å². The van der Waals surface area contributed by atoms with Crippen LogP contribution in [0.5, 0.6) is 0 Å². The molecule has 2 N–H and O–H groups in total. The van der Waals surface area contributed by atoms with E-state index in [4.69, 9.17) is 4.42 Å². The largest absolute Gasteiger partial charge is 0.468 e. The quantitative estimate of drug-likeness (QED) is 0.698. The maximum atomic E-state index is 12.2. The molecule has 1 aromatic carbocycles. The molecular formula is C22H29N3O3. The van der Waals surface area contributed by atoms with Crippen molar-refractivity contribution in [3.05, 3.63) is 60.1 Å². The molecule has 2 amide bonds. The minimum Gasteiger partial charge on any atom is -0.468 e. The highest BCUT2D eigenvalue weighted by Gasteiger charge is 2.24. The molecule has 1 aromatic heterocycles. The van der Waals surface area contributed by atoms with Gasteiger partial charge in [-0.15, -0.1) is 0 Å². The molecule has 150 valence electrons. The van der Waals surface area contributed by atoms with Crippen LogP contribution in [0.1, 0.15) is 43.0 Å². The van der Waals surface area contributed by atoms with Gasteiger partial charge in [-0.3, -0.25) is 14.5 Å². The molecule has 6 heteroatoms. The molecule has 2 aromatic rings. The first kappa shape index (κ1) is 20.1. The van der Waals surface area contributed by atoms with E-state index < -0.39 is 0 Å². The van der Waals surface area contributed by atoms with Gasteiger partial charge in [0.15, 0.2) is 0 Å². The van der Waals surface area contributed by atoms with Gasteiger partial charge in [-0.2, -0.15) is 0 Å². The third-order valence-electron chi connectivity index (χ3n) is 5.08. The van der Waals surface area contributed by atoms with Crippen LogP contribution < -0.4 is 10.6 Å². The zero-order chi connectivity index (χ0) is 19.6. The third kappa shape index (κ3) is 6.23. The van der Waals surface area contributed by atoms with Gasteiger partial charge in [0.1, 0.15) is 5.76 Å². The van der Waals surface area contributed by atoms with Crippen LogP contribution in [0.2, 0.25) is 0 Å². The van der Waals surface area contributed by atoms with Gasteiger partial charge in [0.05, 0.1) is 18.7 Å². The minimum absolute atomic E-state index is 0.0615. The number of benzene rings is 1. The number of hydrogen-bond donors (Lipinski definition) is 2. The van der Waals surface area contributed by atoms with E-state index in [2.05, 4.69) is 15.5 Å². The Kier molecular flexibility index (Phi) is 7.67. The molecule has 6 nitrogen and oxygen atoms in total. The van der Waals surface area contributed by atoms with Crippen molar-refractivity contribution in [3.63, 3.8) is 0 Å². The summed E-state index contributed by atoms with van der Waals surface area (Å²) in [5, 5.41) is 5.81. The lowest BCUT2D eigenvalue weighted by atomic mass is 10.1. The van der Waals surface area contributed by atoms with Crippen molar-refractivity contribution in [1.29, 1.82) is 0 Å². The third-order valence-corrected chi connectivity index (χ3v) is 5.08. The van der Waals surface area contributed by atoms with Crippen LogP contribution in [-0.2, 0) is 16.0 Å². The molecule has 28 heavy (non-hydrogen) atoms. The number of nitrogens with one attached hydrogen (secondary N) is 2. The first-order valence-electron chi connectivity index (χ1n) is 10.1. The molecule has 0 bridgehead atoms. The van der Waals surface area contributed by atoms with Crippen molar-refractivity contribution in [2.75, 3.05) is 26.2 Å². The number of nitrogens with zero attached hydrogens (tertiary/aromatic N) is 1. The van der Waals surface area contributed by atoms with Crippen molar-refractivity contribution in [1.82, 2.24) is 15.5 Å². The Balaban J connectivity index is 1.40. The summed E-state index contributed by atoms with van der Waals surface area (Å²) in [5.41, 5.74) is 0.965. The number of carbonyl (C=O) groups excluding carboxylic acids is 2. The van der Waals surface area contributed by atoms with E-state index in [1.165, 1.54) is 19.3 Å². The topological polar surface area (TPSA) is 74.6 Å². The molecule has 1 atom stereocenters.